The van der Waals surface area contributed by atoms with Crippen molar-refractivity contribution in [2.75, 3.05) is 13.1 Å². The Hall–Kier alpha value is -1.29. The van der Waals surface area contributed by atoms with E-state index in [1.165, 1.54) is 19.3 Å². The number of hydrogen-bond acceptors (Lipinski definition) is 2. The van der Waals surface area contributed by atoms with Gasteiger partial charge in [0, 0.05) is 12.2 Å². The molecule has 0 spiro atoms. The SMILES string of the molecule is CC1(O)CN(C(=O)c2cccn2C2CCC2)C1. The number of nitrogens with zero attached hydrogens (tertiary/aromatic N) is 2. The Morgan fingerprint density at radius 1 is 1.47 bits per heavy atom. The first kappa shape index (κ1) is 10.8. The summed E-state index contributed by atoms with van der Waals surface area (Å²) >= 11 is 0. The van der Waals surface area contributed by atoms with Crippen LogP contribution >= 0.6 is 0 Å². The van der Waals surface area contributed by atoms with E-state index in [1.807, 2.05) is 18.3 Å². The minimum absolute atomic E-state index is 0.0495. The van der Waals surface area contributed by atoms with E-state index in [2.05, 4.69) is 4.57 Å². The van der Waals surface area contributed by atoms with E-state index < -0.39 is 5.60 Å². The van der Waals surface area contributed by atoms with Crippen molar-refractivity contribution in [2.45, 2.75) is 37.8 Å². The largest absolute Gasteiger partial charge is 0.386 e. The van der Waals surface area contributed by atoms with Crippen molar-refractivity contribution in [1.82, 2.24) is 9.47 Å². The summed E-state index contributed by atoms with van der Waals surface area (Å²) in [6.07, 6.45) is 5.60. The molecule has 1 aromatic heterocycles. The summed E-state index contributed by atoms with van der Waals surface area (Å²) in [5.74, 6) is 0.0495. The van der Waals surface area contributed by atoms with Gasteiger partial charge in [0.25, 0.3) is 5.91 Å². The number of likely N-dealkylation sites (tertiary alicyclic amines) is 1. The minimum Gasteiger partial charge on any atom is -0.386 e. The Morgan fingerprint density at radius 3 is 2.71 bits per heavy atom. The van der Waals surface area contributed by atoms with Crippen LogP contribution in [0, 0.1) is 0 Å². The van der Waals surface area contributed by atoms with Crippen molar-refractivity contribution in [2.24, 2.45) is 0 Å². The summed E-state index contributed by atoms with van der Waals surface area (Å²) < 4.78 is 2.10. The van der Waals surface area contributed by atoms with Crippen molar-refractivity contribution >= 4 is 5.91 Å². The Morgan fingerprint density at radius 2 is 2.18 bits per heavy atom. The highest BCUT2D eigenvalue weighted by molar-refractivity contribution is 5.93. The predicted molar refractivity (Wildman–Crippen MR) is 63.8 cm³/mol. The number of aliphatic hydroxyl groups is 1. The number of aromatic nitrogens is 1. The van der Waals surface area contributed by atoms with Crippen molar-refractivity contribution in [3.8, 4) is 0 Å². The van der Waals surface area contributed by atoms with E-state index in [0.29, 0.717) is 19.1 Å². The van der Waals surface area contributed by atoms with Gasteiger partial charge in [0.05, 0.1) is 18.7 Å². The first-order chi connectivity index (χ1) is 8.07. The fourth-order valence-corrected chi connectivity index (χ4v) is 2.64. The summed E-state index contributed by atoms with van der Waals surface area (Å²) in [6, 6.07) is 4.32. The maximum Gasteiger partial charge on any atom is 0.270 e. The highest BCUT2D eigenvalue weighted by Gasteiger charge is 2.40. The van der Waals surface area contributed by atoms with Crippen molar-refractivity contribution in [1.29, 1.82) is 0 Å². The van der Waals surface area contributed by atoms with Crippen LogP contribution in [0.25, 0.3) is 0 Å². The fraction of sp³-hybridized carbons (Fsp3) is 0.615. The van der Waals surface area contributed by atoms with Crippen LogP contribution < -0.4 is 0 Å². The molecule has 92 valence electrons. The van der Waals surface area contributed by atoms with Crippen molar-refractivity contribution in [3.63, 3.8) is 0 Å². The van der Waals surface area contributed by atoms with E-state index in [0.717, 1.165) is 5.69 Å². The van der Waals surface area contributed by atoms with E-state index in [1.54, 1.807) is 11.8 Å². The monoisotopic (exact) mass is 234 g/mol. The van der Waals surface area contributed by atoms with Gasteiger partial charge in [-0.2, -0.15) is 0 Å². The molecule has 1 saturated carbocycles. The van der Waals surface area contributed by atoms with E-state index >= 15 is 0 Å². The maximum absolute atomic E-state index is 12.2. The molecule has 2 fully saturated rings. The van der Waals surface area contributed by atoms with Gasteiger partial charge in [-0.3, -0.25) is 4.79 Å². The lowest BCUT2D eigenvalue weighted by Crippen LogP contribution is -2.61. The van der Waals surface area contributed by atoms with Crippen molar-refractivity contribution < 1.29 is 9.90 Å². The molecule has 1 saturated heterocycles. The zero-order valence-electron chi connectivity index (χ0n) is 10.1. The summed E-state index contributed by atoms with van der Waals surface area (Å²) in [6.45, 7) is 2.66. The van der Waals surface area contributed by atoms with Gasteiger partial charge in [-0.25, -0.2) is 0 Å². The first-order valence-electron chi connectivity index (χ1n) is 6.25. The lowest BCUT2D eigenvalue weighted by molar-refractivity contribution is -0.0673. The van der Waals surface area contributed by atoms with E-state index in [-0.39, 0.29) is 5.91 Å². The third-order valence-electron chi connectivity index (χ3n) is 3.82. The highest BCUT2D eigenvalue weighted by Crippen LogP contribution is 2.33. The predicted octanol–water partition coefficient (Wildman–Crippen LogP) is 1.42. The van der Waals surface area contributed by atoms with Crippen LogP contribution in [0.1, 0.15) is 42.7 Å². The molecule has 1 aliphatic heterocycles. The molecular formula is C13H18N2O2. The quantitative estimate of drug-likeness (QED) is 0.841. The Bertz CT molecular complexity index is 438. The van der Waals surface area contributed by atoms with Crippen LogP contribution in [-0.2, 0) is 0 Å². The number of rotatable bonds is 2. The zero-order chi connectivity index (χ0) is 12.0. The number of carbonyl (C=O) groups is 1. The van der Waals surface area contributed by atoms with E-state index in [9.17, 15) is 9.90 Å². The number of hydrogen-bond donors (Lipinski definition) is 1. The lowest BCUT2D eigenvalue weighted by atomic mass is 9.92. The zero-order valence-corrected chi connectivity index (χ0v) is 10.1. The molecule has 1 N–H and O–H groups in total. The first-order valence-corrected chi connectivity index (χ1v) is 6.25. The van der Waals surface area contributed by atoms with Crippen LogP contribution in [0.4, 0.5) is 0 Å². The Labute approximate surface area is 101 Å². The molecule has 2 heterocycles. The second-order valence-corrected chi connectivity index (χ2v) is 5.54. The van der Waals surface area contributed by atoms with Crippen molar-refractivity contribution in [3.05, 3.63) is 24.0 Å². The van der Waals surface area contributed by atoms with Crippen LogP contribution in [-0.4, -0.2) is 39.2 Å². The highest BCUT2D eigenvalue weighted by atomic mass is 16.3. The molecule has 0 radical (unpaired) electrons. The maximum atomic E-state index is 12.2. The Kier molecular flexibility index (Phi) is 2.30. The average Bonchev–Trinajstić information content (AvgIpc) is 2.59. The standard InChI is InChI=1S/C13H18N2O2/c1-13(17)8-14(9-13)12(16)11-6-3-7-15(11)10-4-2-5-10/h3,6-7,10,17H,2,4-5,8-9H2,1H3. The normalized spacial score (nSPS) is 23.1. The number of β-amino-alcohol motifs (C(OH)–C–C–N with tert-alkyl or cyclic N) is 1. The molecule has 0 aromatic carbocycles. The molecule has 4 heteroatoms. The molecule has 4 nitrogen and oxygen atoms in total. The fourth-order valence-electron chi connectivity index (χ4n) is 2.64. The molecular weight excluding hydrogens is 216 g/mol. The topological polar surface area (TPSA) is 45.5 Å². The third-order valence-corrected chi connectivity index (χ3v) is 3.82. The van der Waals surface area contributed by atoms with Gasteiger partial charge < -0.3 is 14.6 Å². The van der Waals surface area contributed by atoms with Gasteiger partial charge in [0.2, 0.25) is 0 Å². The minimum atomic E-state index is -0.691. The molecule has 3 rings (SSSR count). The summed E-state index contributed by atoms with van der Waals surface area (Å²) in [5, 5.41) is 9.67. The van der Waals surface area contributed by atoms with Gasteiger partial charge in [0.1, 0.15) is 5.69 Å². The van der Waals surface area contributed by atoms with Gasteiger partial charge in [-0.05, 0) is 38.3 Å². The molecule has 1 aromatic rings. The van der Waals surface area contributed by atoms with Crippen LogP contribution in [0.15, 0.2) is 18.3 Å². The van der Waals surface area contributed by atoms with Crippen LogP contribution in [0.2, 0.25) is 0 Å². The molecule has 0 bridgehead atoms. The lowest BCUT2D eigenvalue weighted by Gasteiger charge is -2.44. The third kappa shape index (κ3) is 1.76. The van der Waals surface area contributed by atoms with E-state index in [4.69, 9.17) is 0 Å². The van der Waals surface area contributed by atoms with Gasteiger partial charge >= 0.3 is 0 Å². The second kappa shape index (κ2) is 3.60. The van der Waals surface area contributed by atoms with Gasteiger partial charge in [-0.1, -0.05) is 0 Å². The van der Waals surface area contributed by atoms with Crippen LogP contribution in [0.3, 0.4) is 0 Å². The second-order valence-electron chi connectivity index (χ2n) is 5.54. The average molecular weight is 234 g/mol. The number of amides is 1. The number of carbonyl (C=O) groups excluding carboxylic acids is 1. The summed E-state index contributed by atoms with van der Waals surface area (Å²) in [7, 11) is 0. The summed E-state index contributed by atoms with van der Waals surface area (Å²) in [5.41, 5.74) is 0.0778. The molecule has 17 heavy (non-hydrogen) atoms. The molecule has 0 unspecified atom stereocenters. The van der Waals surface area contributed by atoms with Gasteiger partial charge in [0.15, 0.2) is 0 Å². The molecule has 2 aliphatic rings. The molecule has 1 amide bonds. The summed E-state index contributed by atoms with van der Waals surface area (Å²) in [4.78, 5) is 13.9. The molecule has 1 aliphatic carbocycles. The Balaban J connectivity index is 1.76. The van der Waals surface area contributed by atoms with Crippen LogP contribution in [0.5, 0.6) is 0 Å². The molecule has 0 atom stereocenters. The smallest absolute Gasteiger partial charge is 0.270 e. The van der Waals surface area contributed by atoms with Gasteiger partial charge in [-0.15, -0.1) is 0 Å².